The number of nitrogens with two attached hydrogens (primary N) is 1. The summed E-state index contributed by atoms with van der Waals surface area (Å²) < 4.78 is 10.5. The Hall–Kier alpha value is -1.91. The zero-order valence-corrected chi connectivity index (χ0v) is 11.7. The molecule has 104 valence electrons. The maximum atomic E-state index is 5.96. The fourth-order valence-electron chi connectivity index (χ4n) is 1.91. The van der Waals surface area contributed by atoms with E-state index >= 15 is 0 Å². The highest BCUT2D eigenvalue weighted by Gasteiger charge is 2.27. The zero-order chi connectivity index (χ0) is 13.8. The molecule has 0 radical (unpaired) electrons. The van der Waals surface area contributed by atoms with E-state index in [-0.39, 0.29) is 0 Å². The summed E-state index contributed by atoms with van der Waals surface area (Å²) in [6.07, 6.45) is 2.41. The van der Waals surface area contributed by atoms with Crippen molar-refractivity contribution in [2.45, 2.75) is 25.4 Å². The zero-order valence-electron chi connectivity index (χ0n) is 11.7. The minimum atomic E-state index is 0.510. The summed E-state index contributed by atoms with van der Waals surface area (Å²) >= 11 is 0. The van der Waals surface area contributed by atoms with Gasteiger partial charge in [0, 0.05) is 24.7 Å². The summed E-state index contributed by atoms with van der Waals surface area (Å²) in [5, 5.41) is 0. The number of ether oxygens (including phenoxy) is 2. The van der Waals surface area contributed by atoms with Gasteiger partial charge in [-0.1, -0.05) is 0 Å². The van der Waals surface area contributed by atoms with Crippen molar-refractivity contribution in [3.8, 4) is 11.5 Å². The standard InChI is InChI=1S/C14H21N3O2/c1-17(11-5-6-11)14(15)16-9-10-4-7-12(18-2)8-13(10)19-3/h4,7-8,11H,5-6,9H2,1-3H3,(H2,15,16). The highest BCUT2D eigenvalue weighted by molar-refractivity contribution is 5.78. The number of rotatable bonds is 5. The Labute approximate surface area is 114 Å². The third kappa shape index (κ3) is 3.30. The van der Waals surface area contributed by atoms with Gasteiger partial charge in [0.1, 0.15) is 11.5 Å². The molecule has 0 aromatic heterocycles. The summed E-state index contributed by atoms with van der Waals surface area (Å²) in [6.45, 7) is 0.510. The Morgan fingerprint density at radius 3 is 2.68 bits per heavy atom. The summed E-state index contributed by atoms with van der Waals surface area (Å²) in [5.74, 6) is 2.12. The second kappa shape index (κ2) is 5.82. The Bertz CT molecular complexity index is 470. The molecule has 1 saturated carbocycles. The van der Waals surface area contributed by atoms with Crippen molar-refractivity contribution in [1.29, 1.82) is 0 Å². The van der Waals surface area contributed by atoms with Crippen molar-refractivity contribution >= 4 is 5.96 Å². The van der Waals surface area contributed by atoms with Crippen LogP contribution in [0.25, 0.3) is 0 Å². The van der Waals surface area contributed by atoms with Gasteiger partial charge in [0.05, 0.1) is 20.8 Å². The summed E-state index contributed by atoms with van der Waals surface area (Å²) in [4.78, 5) is 6.46. The first-order valence-electron chi connectivity index (χ1n) is 6.39. The Morgan fingerprint density at radius 1 is 1.37 bits per heavy atom. The molecule has 1 fully saturated rings. The first-order valence-corrected chi connectivity index (χ1v) is 6.39. The van der Waals surface area contributed by atoms with Gasteiger partial charge in [-0.15, -0.1) is 0 Å². The van der Waals surface area contributed by atoms with Crippen LogP contribution in [0.2, 0.25) is 0 Å². The number of nitrogens with zero attached hydrogens (tertiary/aromatic N) is 2. The van der Waals surface area contributed by atoms with Crippen molar-refractivity contribution < 1.29 is 9.47 Å². The number of hydrogen-bond donors (Lipinski definition) is 1. The molecule has 19 heavy (non-hydrogen) atoms. The van der Waals surface area contributed by atoms with Crippen LogP contribution in [0.5, 0.6) is 11.5 Å². The number of aliphatic imine (C=N–C) groups is 1. The SMILES string of the molecule is COc1ccc(CN=C(N)N(C)C2CC2)c(OC)c1. The highest BCUT2D eigenvalue weighted by Crippen LogP contribution is 2.26. The quantitative estimate of drug-likeness (QED) is 0.647. The van der Waals surface area contributed by atoms with Crippen LogP contribution >= 0.6 is 0 Å². The molecule has 0 amide bonds. The van der Waals surface area contributed by atoms with Crippen molar-refractivity contribution in [1.82, 2.24) is 4.90 Å². The summed E-state index contributed by atoms with van der Waals surface area (Å²) in [7, 11) is 5.26. The third-order valence-corrected chi connectivity index (χ3v) is 3.36. The van der Waals surface area contributed by atoms with Crippen LogP contribution in [-0.2, 0) is 6.54 Å². The van der Waals surface area contributed by atoms with Gasteiger partial charge in [-0.3, -0.25) is 0 Å². The van der Waals surface area contributed by atoms with Gasteiger partial charge < -0.3 is 20.1 Å². The molecule has 0 atom stereocenters. The molecule has 1 aromatic rings. The number of benzene rings is 1. The van der Waals surface area contributed by atoms with E-state index in [1.807, 2.05) is 30.1 Å². The van der Waals surface area contributed by atoms with Crippen LogP contribution in [0.4, 0.5) is 0 Å². The van der Waals surface area contributed by atoms with E-state index in [0.29, 0.717) is 18.5 Å². The minimum Gasteiger partial charge on any atom is -0.497 e. The van der Waals surface area contributed by atoms with E-state index in [1.165, 1.54) is 12.8 Å². The molecule has 1 aliphatic rings. The topological polar surface area (TPSA) is 60.1 Å². The fraction of sp³-hybridized carbons (Fsp3) is 0.500. The first kappa shape index (κ1) is 13.5. The first-order chi connectivity index (χ1) is 9.15. The van der Waals surface area contributed by atoms with Gasteiger partial charge in [-0.05, 0) is 25.0 Å². The second-order valence-electron chi connectivity index (χ2n) is 4.69. The van der Waals surface area contributed by atoms with E-state index < -0.39 is 0 Å². The summed E-state index contributed by atoms with van der Waals surface area (Å²) in [6, 6.07) is 6.27. The van der Waals surface area contributed by atoms with E-state index in [4.69, 9.17) is 15.2 Å². The predicted molar refractivity (Wildman–Crippen MR) is 75.7 cm³/mol. The highest BCUT2D eigenvalue weighted by atomic mass is 16.5. The molecule has 1 aliphatic carbocycles. The lowest BCUT2D eigenvalue weighted by molar-refractivity contribution is 0.391. The lowest BCUT2D eigenvalue weighted by atomic mass is 10.2. The predicted octanol–water partition coefficient (Wildman–Crippen LogP) is 1.61. The van der Waals surface area contributed by atoms with E-state index in [0.717, 1.165) is 17.1 Å². The summed E-state index contributed by atoms with van der Waals surface area (Å²) in [5.41, 5.74) is 6.96. The fourth-order valence-corrected chi connectivity index (χ4v) is 1.91. The van der Waals surface area contributed by atoms with Crippen LogP contribution in [0.1, 0.15) is 18.4 Å². The number of methoxy groups -OCH3 is 2. The molecular weight excluding hydrogens is 242 g/mol. The molecule has 2 rings (SSSR count). The molecule has 0 saturated heterocycles. The smallest absolute Gasteiger partial charge is 0.191 e. The van der Waals surface area contributed by atoms with Crippen LogP contribution in [0.15, 0.2) is 23.2 Å². The van der Waals surface area contributed by atoms with E-state index in [9.17, 15) is 0 Å². The molecule has 0 unspecified atom stereocenters. The van der Waals surface area contributed by atoms with Crippen LogP contribution in [-0.4, -0.2) is 38.2 Å². The molecule has 2 N–H and O–H groups in total. The molecule has 0 heterocycles. The van der Waals surface area contributed by atoms with Crippen molar-refractivity contribution in [2.24, 2.45) is 10.7 Å². The average Bonchev–Trinajstić information content (AvgIpc) is 3.28. The van der Waals surface area contributed by atoms with Crippen LogP contribution in [0, 0.1) is 0 Å². The van der Waals surface area contributed by atoms with Gasteiger partial charge in [0.2, 0.25) is 0 Å². The monoisotopic (exact) mass is 263 g/mol. The maximum Gasteiger partial charge on any atom is 0.191 e. The number of hydrogen-bond acceptors (Lipinski definition) is 3. The van der Waals surface area contributed by atoms with Gasteiger partial charge in [-0.2, -0.15) is 0 Å². The lowest BCUT2D eigenvalue weighted by Gasteiger charge is -2.17. The lowest BCUT2D eigenvalue weighted by Crippen LogP contribution is -2.35. The maximum absolute atomic E-state index is 5.96. The van der Waals surface area contributed by atoms with Gasteiger partial charge in [0.25, 0.3) is 0 Å². The average molecular weight is 263 g/mol. The van der Waals surface area contributed by atoms with Gasteiger partial charge in [-0.25, -0.2) is 4.99 Å². The molecule has 5 heteroatoms. The van der Waals surface area contributed by atoms with E-state index in [1.54, 1.807) is 14.2 Å². The van der Waals surface area contributed by atoms with Crippen LogP contribution in [0.3, 0.4) is 0 Å². The van der Waals surface area contributed by atoms with Crippen molar-refractivity contribution in [2.75, 3.05) is 21.3 Å². The Balaban J connectivity index is 2.07. The second-order valence-corrected chi connectivity index (χ2v) is 4.69. The van der Waals surface area contributed by atoms with Crippen LogP contribution < -0.4 is 15.2 Å². The normalized spacial score (nSPS) is 15.2. The van der Waals surface area contributed by atoms with E-state index in [2.05, 4.69) is 4.99 Å². The molecule has 0 spiro atoms. The van der Waals surface area contributed by atoms with Crippen molar-refractivity contribution in [3.63, 3.8) is 0 Å². The Kier molecular flexibility index (Phi) is 4.14. The van der Waals surface area contributed by atoms with Gasteiger partial charge in [0.15, 0.2) is 5.96 Å². The largest absolute Gasteiger partial charge is 0.497 e. The molecular formula is C14H21N3O2. The molecule has 5 nitrogen and oxygen atoms in total. The third-order valence-electron chi connectivity index (χ3n) is 3.36. The molecule has 1 aromatic carbocycles. The minimum absolute atomic E-state index is 0.510. The molecule has 0 bridgehead atoms. The Morgan fingerprint density at radius 2 is 2.11 bits per heavy atom. The van der Waals surface area contributed by atoms with Gasteiger partial charge >= 0.3 is 0 Å². The number of guanidine groups is 1. The molecule has 0 aliphatic heterocycles. The van der Waals surface area contributed by atoms with Crippen molar-refractivity contribution in [3.05, 3.63) is 23.8 Å².